The van der Waals surface area contributed by atoms with Gasteiger partial charge in [-0.25, -0.2) is 4.79 Å². The Hall–Kier alpha value is -2.49. The highest BCUT2D eigenvalue weighted by Gasteiger charge is 2.15. The van der Waals surface area contributed by atoms with Gasteiger partial charge in [-0.2, -0.15) is 0 Å². The van der Waals surface area contributed by atoms with Crippen LogP contribution >= 0.6 is 0 Å². The van der Waals surface area contributed by atoms with E-state index in [2.05, 4.69) is 16.5 Å². The Labute approximate surface area is 98.3 Å². The molecular formula is C13H10N2O2. The number of carboxylic acid groups (broad SMARTS) is 1. The van der Waals surface area contributed by atoms with Gasteiger partial charge in [0.2, 0.25) is 0 Å². The molecule has 1 N–H and O–H groups in total. The molecule has 4 heteroatoms. The van der Waals surface area contributed by atoms with Crippen molar-refractivity contribution in [1.29, 1.82) is 0 Å². The van der Waals surface area contributed by atoms with Crippen molar-refractivity contribution >= 4 is 12.0 Å². The van der Waals surface area contributed by atoms with Gasteiger partial charge in [-0.1, -0.05) is 6.58 Å². The Kier molecular flexibility index (Phi) is 2.96. The van der Waals surface area contributed by atoms with Crippen molar-refractivity contribution in [3.05, 3.63) is 54.6 Å². The normalized spacial score (nSPS) is 9.88. The minimum atomic E-state index is -1.01. The van der Waals surface area contributed by atoms with E-state index in [0.717, 1.165) is 5.56 Å². The summed E-state index contributed by atoms with van der Waals surface area (Å²) in [6, 6.07) is 5.19. The third kappa shape index (κ3) is 2.06. The third-order valence-corrected chi connectivity index (χ3v) is 2.38. The van der Waals surface area contributed by atoms with Gasteiger partial charge < -0.3 is 5.11 Å². The number of aromatic carboxylic acids is 1. The molecule has 0 unspecified atom stereocenters. The van der Waals surface area contributed by atoms with E-state index >= 15 is 0 Å². The largest absolute Gasteiger partial charge is 0.478 e. The van der Waals surface area contributed by atoms with Gasteiger partial charge in [-0.15, -0.1) is 0 Å². The molecule has 0 saturated carbocycles. The van der Waals surface area contributed by atoms with Crippen molar-refractivity contribution in [1.82, 2.24) is 9.97 Å². The summed E-state index contributed by atoms with van der Waals surface area (Å²) in [6.45, 7) is 3.57. The Bertz CT molecular complexity index is 565. The SMILES string of the molecule is C=Cc1nccc(-c2ccncc2)c1C(=O)O. The van der Waals surface area contributed by atoms with Gasteiger partial charge in [0.25, 0.3) is 0 Å². The Morgan fingerprint density at radius 3 is 2.53 bits per heavy atom. The van der Waals surface area contributed by atoms with E-state index in [4.69, 9.17) is 0 Å². The molecule has 0 radical (unpaired) electrons. The fraction of sp³-hybridized carbons (Fsp3) is 0. The predicted octanol–water partition coefficient (Wildman–Crippen LogP) is 2.48. The molecule has 0 amide bonds. The summed E-state index contributed by atoms with van der Waals surface area (Å²) in [5, 5.41) is 9.24. The summed E-state index contributed by atoms with van der Waals surface area (Å²) >= 11 is 0. The van der Waals surface area contributed by atoms with Crippen molar-refractivity contribution in [2.75, 3.05) is 0 Å². The lowest BCUT2D eigenvalue weighted by molar-refractivity contribution is 0.0697. The average Bonchev–Trinajstić information content (AvgIpc) is 2.38. The van der Waals surface area contributed by atoms with Crippen molar-refractivity contribution in [2.45, 2.75) is 0 Å². The molecule has 2 aromatic heterocycles. The van der Waals surface area contributed by atoms with Crippen LogP contribution < -0.4 is 0 Å². The molecule has 2 rings (SSSR count). The van der Waals surface area contributed by atoms with Gasteiger partial charge in [0.05, 0.1) is 11.3 Å². The lowest BCUT2D eigenvalue weighted by Gasteiger charge is -2.07. The number of rotatable bonds is 3. The highest BCUT2D eigenvalue weighted by atomic mass is 16.4. The molecule has 0 aromatic carbocycles. The van der Waals surface area contributed by atoms with E-state index in [1.807, 2.05) is 0 Å². The molecule has 0 aliphatic heterocycles. The number of carboxylic acids is 1. The summed E-state index contributed by atoms with van der Waals surface area (Å²) in [6.07, 6.45) is 6.25. The maximum Gasteiger partial charge on any atom is 0.338 e. The maximum atomic E-state index is 11.3. The van der Waals surface area contributed by atoms with E-state index in [1.54, 1.807) is 36.8 Å². The summed E-state index contributed by atoms with van der Waals surface area (Å²) < 4.78 is 0. The van der Waals surface area contributed by atoms with Crippen molar-refractivity contribution < 1.29 is 9.90 Å². The molecule has 0 bridgehead atoms. The molecule has 0 aliphatic rings. The number of hydrogen-bond donors (Lipinski definition) is 1. The van der Waals surface area contributed by atoms with Crippen LogP contribution in [0.25, 0.3) is 17.2 Å². The van der Waals surface area contributed by atoms with Crippen molar-refractivity contribution in [3.8, 4) is 11.1 Å². The van der Waals surface area contributed by atoms with Crippen LogP contribution in [0.2, 0.25) is 0 Å². The Morgan fingerprint density at radius 1 is 1.24 bits per heavy atom. The van der Waals surface area contributed by atoms with Gasteiger partial charge in [-0.3, -0.25) is 9.97 Å². The standard InChI is InChI=1S/C13H10N2O2/c1-2-11-12(13(16)17)10(5-8-15-11)9-3-6-14-7-4-9/h2-8H,1H2,(H,16,17). The molecule has 84 valence electrons. The number of aromatic nitrogens is 2. The zero-order valence-corrected chi connectivity index (χ0v) is 9.00. The number of hydrogen-bond acceptors (Lipinski definition) is 3. The molecule has 0 atom stereocenters. The zero-order valence-electron chi connectivity index (χ0n) is 9.00. The van der Waals surface area contributed by atoms with Crippen LogP contribution in [-0.2, 0) is 0 Å². The molecule has 0 saturated heterocycles. The highest BCUT2D eigenvalue weighted by Crippen LogP contribution is 2.25. The van der Waals surface area contributed by atoms with E-state index in [1.165, 1.54) is 6.08 Å². The first kappa shape index (κ1) is 11.0. The van der Waals surface area contributed by atoms with Crippen LogP contribution in [0.5, 0.6) is 0 Å². The molecular weight excluding hydrogens is 216 g/mol. The van der Waals surface area contributed by atoms with E-state index in [9.17, 15) is 9.90 Å². The second-order valence-electron chi connectivity index (χ2n) is 3.36. The van der Waals surface area contributed by atoms with Crippen LogP contribution in [-0.4, -0.2) is 21.0 Å². The molecule has 2 aromatic rings. The minimum absolute atomic E-state index is 0.161. The van der Waals surface area contributed by atoms with Crippen LogP contribution in [0.4, 0.5) is 0 Å². The van der Waals surface area contributed by atoms with Crippen LogP contribution in [0.3, 0.4) is 0 Å². The quantitative estimate of drug-likeness (QED) is 0.873. The molecule has 4 nitrogen and oxygen atoms in total. The first-order valence-electron chi connectivity index (χ1n) is 4.99. The summed E-state index contributed by atoms with van der Waals surface area (Å²) in [4.78, 5) is 19.2. The van der Waals surface area contributed by atoms with Crippen LogP contribution in [0, 0.1) is 0 Å². The Balaban J connectivity index is 2.70. The van der Waals surface area contributed by atoms with Crippen molar-refractivity contribution in [3.63, 3.8) is 0 Å². The third-order valence-electron chi connectivity index (χ3n) is 2.38. The van der Waals surface area contributed by atoms with Gasteiger partial charge >= 0.3 is 5.97 Å². The smallest absolute Gasteiger partial charge is 0.338 e. The molecule has 0 aliphatic carbocycles. The second kappa shape index (κ2) is 4.57. The van der Waals surface area contributed by atoms with Crippen molar-refractivity contribution in [2.24, 2.45) is 0 Å². The van der Waals surface area contributed by atoms with Gasteiger partial charge in [0.1, 0.15) is 0 Å². The molecule has 0 fully saturated rings. The predicted molar refractivity (Wildman–Crippen MR) is 64.5 cm³/mol. The van der Waals surface area contributed by atoms with Crippen LogP contribution in [0.15, 0.2) is 43.4 Å². The lowest BCUT2D eigenvalue weighted by Crippen LogP contribution is -2.04. The minimum Gasteiger partial charge on any atom is -0.478 e. The molecule has 0 spiro atoms. The average molecular weight is 226 g/mol. The highest BCUT2D eigenvalue weighted by molar-refractivity contribution is 5.98. The second-order valence-corrected chi connectivity index (χ2v) is 3.36. The molecule has 2 heterocycles. The summed E-state index contributed by atoms with van der Waals surface area (Å²) in [5.41, 5.74) is 1.94. The summed E-state index contributed by atoms with van der Waals surface area (Å²) in [7, 11) is 0. The lowest BCUT2D eigenvalue weighted by atomic mass is 10.00. The first-order chi connectivity index (χ1) is 8.24. The number of carbonyl (C=O) groups is 1. The topological polar surface area (TPSA) is 63.1 Å². The van der Waals surface area contributed by atoms with Gasteiger partial charge in [0, 0.05) is 18.6 Å². The monoisotopic (exact) mass is 226 g/mol. The van der Waals surface area contributed by atoms with E-state index in [0.29, 0.717) is 11.3 Å². The fourth-order valence-corrected chi connectivity index (χ4v) is 1.63. The van der Waals surface area contributed by atoms with Crippen LogP contribution in [0.1, 0.15) is 16.1 Å². The van der Waals surface area contributed by atoms with Gasteiger partial charge in [-0.05, 0) is 35.4 Å². The van der Waals surface area contributed by atoms with E-state index < -0.39 is 5.97 Å². The first-order valence-corrected chi connectivity index (χ1v) is 4.99. The summed E-state index contributed by atoms with van der Waals surface area (Å²) in [5.74, 6) is -1.01. The van der Waals surface area contributed by atoms with E-state index in [-0.39, 0.29) is 5.56 Å². The Morgan fingerprint density at radius 2 is 1.94 bits per heavy atom. The number of nitrogens with zero attached hydrogens (tertiary/aromatic N) is 2. The molecule has 17 heavy (non-hydrogen) atoms. The number of pyridine rings is 2. The van der Waals surface area contributed by atoms with Gasteiger partial charge in [0.15, 0.2) is 0 Å². The zero-order chi connectivity index (χ0) is 12.3. The maximum absolute atomic E-state index is 11.3. The fourth-order valence-electron chi connectivity index (χ4n) is 1.63.